The van der Waals surface area contributed by atoms with Crippen LogP contribution in [0.15, 0.2) is 30.3 Å². The molecular weight excluding hydrogens is 282 g/mol. The van der Waals surface area contributed by atoms with Crippen molar-refractivity contribution in [1.29, 1.82) is 0 Å². The fraction of sp³-hybridized carbons (Fsp3) is 0.667. The van der Waals surface area contributed by atoms with Gasteiger partial charge < -0.3 is 5.32 Å². The van der Waals surface area contributed by atoms with E-state index in [0.717, 1.165) is 19.4 Å². The van der Waals surface area contributed by atoms with E-state index >= 15 is 0 Å². The Kier molecular flexibility index (Phi) is 12.3. The predicted octanol–water partition coefficient (Wildman–Crippen LogP) is 5.66. The van der Waals surface area contributed by atoms with Crippen LogP contribution in [0.3, 0.4) is 0 Å². The third kappa shape index (κ3) is 11.9. The summed E-state index contributed by atoms with van der Waals surface area (Å²) in [6, 6.07) is 10.2. The number of benzene rings is 1. The molecule has 2 nitrogen and oxygen atoms in total. The second-order valence-corrected chi connectivity index (χ2v) is 6.52. The van der Waals surface area contributed by atoms with Crippen molar-refractivity contribution >= 4 is 5.91 Å². The zero-order valence-corrected chi connectivity index (χ0v) is 15.0. The molecule has 0 bridgehead atoms. The van der Waals surface area contributed by atoms with Crippen LogP contribution in [-0.4, -0.2) is 12.5 Å². The highest BCUT2D eigenvalue weighted by Crippen LogP contribution is 2.10. The first-order chi connectivity index (χ1) is 11.3. The molecule has 0 aliphatic rings. The Morgan fingerprint density at radius 1 is 0.826 bits per heavy atom. The van der Waals surface area contributed by atoms with Gasteiger partial charge in [-0.05, 0) is 18.4 Å². The Hall–Kier alpha value is -1.31. The molecule has 1 aromatic rings. The second kappa shape index (κ2) is 14.3. The van der Waals surface area contributed by atoms with Gasteiger partial charge in [0.25, 0.3) is 0 Å². The van der Waals surface area contributed by atoms with Crippen molar-refractivity contribution in [2.75, 3.05) is 6.54 Å². The molecule has 0 unspecified atom stereocenters. The van der Waals surface area contributed by atoms with Crippen molar-refractivity contribution in [2.45, 2.75) is 84.0 Å². The highest BCUT2D eigenvalue weighted by Gasteiger charge is 2.01. The lowest BCUT2D eigenvalue weighted by atomic mass is 10.1. The molecule has 0 spiro atoms. The average Bonchev–Trinajstić information content (AvgIpc) is 2.59. The minimum atomic E-state index is 0.185. The van der Waals surface area contributed by atoms with Gasteiger partial charge in [-0.3, -0.25) is 4.79 Å². The van der Waals surface area contributed by atoms with E-state index < -0.39 is 0 Å². The minimum absolute atomic E-state index is 0.185. The van der Waals surface area contributed by atoms with Crippen LogP contribution in [0.2, 0.25) is 0 Å². The van der Waals surface area contributed by atoms with Gasteiger partial charge in [0.1, 0.15) is 0 Å². The van der Waals surface area contributed by atoms with Crippen molar-refractivity contribution in [3.05, 3.63) is 35.9 Å². The first-order valence-corrected chi connectivity index (χ1v) is 9.63. The summed E-state index contributed by atoms with van der Waals surface area (Å²) < 4.78 is 0. The standard InChI is InChI=1S/C21H35NO/c1-2-3-4-5-6-7-8-9-10-14-19-22-21(23)18-17-20-15-12-11-13-16-20/h11-13,15-16H,2-10,14,17-19H2,1H3,(H,22,23). The Balaban J connectivity index is 1.84. The maximum absolute atomic E-state index is 11.8. The van der Waals surface area contributed by atoms with Crippen LogP contribution in [-0.2, 0) is 11.2 Å². The van der Waals surface area contributed by atoms with E-state index in [4.69, 9.17) is 0 Å². The molecule has 0 atom stereocenters. The molecule has 0 aliphatic heterocycles. The molecule has 23 heavy (non-hydrogen) atoms. The smallest absolute Gasteiger partial charge is 0.220 e. The molecule has 130 valence electrons. The molecule has 0 saturated heterocycles. The number of amides is 1. The number of rotatable bonds is 14. The third-order valence-electron chi connectivity index (χ3n) is 4.34. The van der Waals surface area contributed by atoms with Crippen LogP contribution in [0.1, 0.15) is 83.1 Å². The van der Waals surface area contributed by atoms with Gasteiger partial charge >= 0.3 is 0 Å². The van der Waals surface area contributed by atoms with E-state index in [2.05, 4.69) is 24.4 Å². The van der Waals surface area contributed by atoms with E-state index in [-0.39, 0.29) is 5.91 Å². The molecule has 0 fully saturated rings. The van der Waals surface area contributed by atoms with Crippen LogP contribution in [0, 0.1) is 0 Å². The van der Waals surface area contributed by atoms with Crippen molar-refractivity contribution in [3.63, 3.8) is 0 Å². The Morgan fingerprint density at radius 2 is 1.39 bits per heavy atom. The zero-order chi connectivity index (χ0) is 16.6. The third-order valence-corrected chi connectivity index (χ3v) is 4.34. The summed E-state index contributed by atoms with van der Waals surface area (Å²) in [7, 11) is 0. The quantitative estimate of drug-likeness (QED) is 0.441. The monoisotopic (exact) mass is 317 g/mol. The number of carbonyl (C=O) groups is 1. The molecule has 1 N–H and O–H groups in total. The van der Waals surface area contributed by atoms with E-state index in [9.17, 15) is 4.79 Å². The summed E-state index contributed by atoms with van der Waals surface area (Å²) in [4.78, 5) is 11.8. The van der Waals surface area contributed by atoms with Crippen LogP contribution in [0.4, 0.5) is 0 Å². The van der Waals surface area contributed by atoms with Crippen molar-refractivity contribution in [1.82, 2.24) is 5.32 Å². The number of carbonyl (C=O) groups excluding carboxylic acids is 1. The van der Waals surface area contributed by atoms with Gasteiger partial charge in [0.15, 0.2) is 0 Å². The van der Waals surface area contributed by atoms with Gasteiger partial charge in [-0.15, -0.1) is 0 Å². The minimum Gasteiger partial charge on any atom is -0.356 e. The molecule has 0 saturated carbocycles. The second-order valence-electron chi connectivity index (χ2n) is 6.52. The van der Waals surface area contributed by atoms with Gasteiger partial charge in [-0.1, -0.05) is 95.0 Å². The number of nitrogens with one attached hydrogen (secondary N) is 1. The Labute approximate surface area is 143 Å². The van der Waals surface area contributed by atoms with E-state index in [0.29, 0.717) is 6.42 Å². The highest BCUT2D eigenvalue weighted by molar-refractivity contribution is 5.76. The SMILES string of the molecule is CCCCCCCCCCCCNC(=O)CCc1ccccc1. The zero-order valence-electron chi connectivity index (χ0n) is 15.0. The predicted molar refractivity (Wildman–Crippen MR) is 99.6 cm³/mol. The number of aryl methyl sites for hydroxylation is 1. The van der Waals surface area contributed by atoms with Gasteiger partial charge in [0, 0.05) is 13.0 Å². The lowest BCUT2D eigenvalue weighted by Gasteiger charge is -2.06. The normalized spacial score (nSPS) is 10.7. The number of unbranched alkanes of at least 4 members (excludes halogenated alkanes) is 9. The largest absolute Gasteiger partial charge is 0.356 e. The van der Waals surface area contributed by atoms with Gasteiger partial charge in [-0.2, -0.15) is 0 Å². The molecule has 1 rings (SSSR count). The first-order valence-electron chi connectivity index (χ1n) is 9.63. The summed E-state index contributed by atoms with van der Waals surface area (Å²) in [5.74, 6) is 0.185. The topological polar surface area (TPSA) is 29.1 Å². The van der Waals surface area contributed by atoms with E-state index in [1.54, 1.807) is 0 Å². The number of hydrogen-bond acceptors (Lipinski definition) is 1. The first kappa shape index (κ1) is 19.7. The maximum Gasteiger partial charge on any atom is 0.220 e. The number of hydrogen-bond donors (Lipinski definition) is 1. The van der Waals surface area contributed by atoms with Crippen molar-refractivity contribution < 1.29 is 4.79 Å². The van der Waals surface area contributed by atoms with Gasteiger partial charge in [0.05, 0.1) is 0 Å². The summed E-state index contributed by atoms with van der Waals surface area (Å²) >= 11 is 0. The molecule has 2 heteroatoms. The lowest BCUT2D eigenvalue weighted by molar-refractivity contribution is -0.121. The van der Waals surface area contributed by atoms with Gasteiger partial charge in [-0.25, -0.2) is 0 Å². The fourth-order valence-corrected chi connectivity index (χ4v) is 2.83. The van der Waals surface area contributed by atoms with Gasteiger partial charge in [0.2, 0.25) is 5.91 Å². The molecule has 0 heterocycles. The van der Waals surface area contributed by atoms with Crippen molar-refractivity contribution in [3.8, 4) is 0 Å². The fourth-order valence-electron chi connectivity index (χ4n) is 2.83. The summed E-state index contributed by atoms with van der Waals surface area (Å²) in [6.07, 6.45) is 14.8. The van der Waals surface area contributed by atoms with Crippen LogP contribution in [0.25, 0.3) is 0 Å². The van der Waals surface area contributed by atoms with Crippen LogP contribution in [0.5, 0.6) is 0 Å². The van der Waals surface area contributed by atoms with E-state index in [1.165, 1.54) is 63.4 Å². The lowest BCUT2D eigenvalue weighted by Crippen LogP contribution is -2.24. The molecule has 0 aromatic heterocycles. The molecule has 1 amide bonds. The Morgan fingerprint density at radius 3 is 2.00 bits per heavy atom. The molecular formula is C21H35NO. The summed E-state index contributed by atoms with van der Waals surface area (Å²) in [5, 5.41) is 3.04. The average molecular weight is 318 g/mol. The Bertz CT molecular complexity index is 388. The van der Waals surface area contributed by atoms with E-state index in [1.807, 2.05) is 18.2 Å². The molecule has 0 radical (unpaired) electrons. The summed E-state index contributed by atoms with van der Waals surface area (Å²) in [6.45, 7) is 3.10. The summed E-state index contributed by atoms with van der Waals surface area (Å²) in [5.41, 5.74) is 1.24. The van der Waals surface area contributed by atoms with Crippen LogP contribution < -0.4 is 5.32 Å². The molecule has 0 aliphatic carbocycles. The van der Waals surface area contributed by atoms with Crippen molar-refractivity contribution in [2.24, 2.45) is 0 Å². The highest BCUT2D eigenvalue weighted by atomic mass is 16.1. The maximum atomic E-state index is 11.8. The molecule has 1 aromatic carbocycles. The van der Waals surface area contributed by atoms with Crippen LogP contribution >= 0.6 is 0 Å².